The van der Waals surface area contributed by atoms with E-state index in [1.54, 1.807) is 12.1 Å². The highest BCUT2D eigenvalue weighted by atomic mass is 16.3. The van der Waals surface area contributed by atoms with Crippen molar-refractivity contribution in [2.24, 2.45) is 11.1 Å². The molecule has 3 aromatic carbocycles. The third kappa shape index (κ3) is 4.07. The quantitative estimate of drug-likeness (QED) is 0.342. The highest BCUT2D eigenvalue weighted by Crippen LogP contribution is 2.31. The molecule has 7 nitrogen and oxygen atoms in total. The molecule has 162 valence electrons. The number of nitrogens with zero attached hydrogens (tertiary/aromatic N) is 1. The van der Waals surface area contributed by atoms with Crippen LogP contribution in [0.15, 0.2) is 53.7 Å². The molecule has 2 N–H and O–H groups in total. The van der Waals surface area contributed by atoms with Crippen LogP contribution in [0.3, 0.4) is 0 Å². The molecule has 0 saturated carbocycles. The van der Waals surface area contributed by atoms with Crippen molar-refractivity contribution in [3.05, 3.63) is 64.6 Å². The zero-order valence-electron chi connectivity index (χ0n) is 17.8. The van der Waals surface area contributed by atoms with Gasteiger partial charge in [0, 0.05) is 16.4 Å². The summed E-state index contributed by atoms with van der Waals surface area (Å²) in [4.78, 5) is 47.4. The maximum absolute atomic E-state index is 12.7. The summed E-state index contributed by atoms with van der Waals surface area (Å²) < 4.78 is 0. The van der Waals surface area contributed by atoms with Gasteiger partial charge in [0.1, 0.15) is 5.92 Å². The minimum Gasteiger partial charge on any atom is -0.325 e. The lowest BCUT2D eigenvalue weighted by Gasteiger charge is -2.16. The number of nitrogens with one attached hydrogen (secondary N) is 2. The van der Waals surface area contributed by atoms with Gasteiger partial charge in [0.05, 0.1) is 6.04 Å². The second-order valence-electron chi connectivity index (χ2n) is 8.00. The number of nitroso groups, excluding NO2 is 1. The number of hydrogen-bond donors (Lipinski definition) is 2. The Morgan fingerprint density at radius 1 is 1.03 bits per heavy atom. The number of amides is 2. The summed E-state index contributed by atoms with van der Waals surface area (Å²) in [5.74, 6) is -2.69. The molecule has 0 heterocycles. The normalized spacial score (nSPS) is 16.1. The Kier molecular flexibility index (Phi) is 5.92. The average Bonchev–Trinajstić information content (AvgIpc) is 2.80. The van der Waals surface area contributed by atoms with Crippen LogP contribution in [0.4, 0.5) is 5.69 Å². The van der Waals surface area contributed by atoms with Crippen LogP contribution in [0.2, 0.25) is 0 Å². The van der Waals surface area contributed by atoms with Gasteiger partial charge in [0.2, 0.25) is 5.91 Å². The first-order valence-corrected chi connectivity index (χ1v) is 10.6. The third-order valence-corrected chi connectivity index (χ3v) is 5.70. The average molecular weight is 429 g/mol. The molecule has 2 atom stereocenters. The van der Waals surface area contributed by atoms with Crippen LogP contribution in [0.1, 0.15) is 36.2 Å². The number of fused-ring (bicyclic) bond motifs is 3. The molecular formula is C25H23N3O4. The Hall–Kier alpha value is -3.71. The predicted molar refractivity (Wildman–Crippen MR) is 125 cm³/mol. The van der Waals surface area contributed by atoms with Crippen LogP contribution >= 0.6 is 0 Å². The minimum atomic E-state index is -1.16. The molecule has 0 saturated heterocycles. The van der Waals surface area contributed by atoms with Crippen molar-refractivity contribution in [1.82, 2.24) is 5.32 Å². The number of rotatable bonds is 6. The van der Waals surface area contributed by atoms with Gasteiger partial charge in [-0.15, -0.1) is 4.91 Å². The van der Waals surface area contributed by atoms with E-state index in [-0.39, 0.29) is 11.9 Å². The van der Waals surface area contributed by atoms with E-state index < -0.39 is 17.6 Å². The first kappa shape index (κ1) is 21.5. The van der Waals surface area contributed by atoms with Gasteiger partial charge in [-0.25, -0.2) is 0 Å². The molecule has 0 aliphatic heterocycles. The number of carbonyl (C=O) groups is 3. The Bertz CT molecular complexity index is 1300. The van der Waals surface area contributed by atoms with E-state index in [1.165, 1.54) is 6.08 Å². The second kappa shape index (κ2) is 8.80. The molecule has 3 aromatic rings. The van der Waals surface area contributed by atoms with Crippen molar-refractivity contribution < 1.29 is 14.4 Å². The lowest BCUT2D eigenvalue weighted by atomic mass is 9.86. The van der Waals surface area contributed by atoms with E-state index in [2.05, 4.69) is 15.8 Å². The number of anilines is 1. The Balaban J connectivity index is 1.68. The summed E-state index contributed by atoms with van der Waals surface area (Å²) in [6.45, 7) is 4.64. The molecule has 32 heavy (non-hydrogen) atoms. The summed E-state index contributed by atoms with van der Waals surface area (Å²) in [7, 11) is 0. The summed E-state index contributed by atoms with van der Waals surface area (Å²) >= 11 is 0. The lowest BCUT2D eigenvalue weighted by Crippen LogP contribution is -2.38. The van der Waals surface area contributed by atoms with Gasteiger partial charge in [0.25, 0.3) is 0 Å². The van der Waals surface area contributed by atoms with Crippen LogP contribution < -0.4 is 10.6 Å². The SMILES string of the molecule is CCCNC(C)C(=O)Nc1ccc2cc3cc4c(cc3cc2c1)C(=O)C(C(=O)N=O)C=C4. The summed E-state index contributed by atoms with van der Waals surface area (Å²) in [5, 5.41) is 12.2. The maximum atomic E-state index is 12.7. The third-order valence-electron chi connectivity index (χ3n) is 5.70. The number of benzene rings is 3. The number of carbonyl (C=O) groups excluding carboxylic acids is 3. The highest BCUT2D eigenvalue weighted by molar-refractivity contribution is 6.17. The Labute approximate surface area is 184 Å². The first-order chi connectivity index (χ1) is 15.4. The fourth-order valence-electron chi connectivity index (χ4n) is 3.91. The van der Waals surface area contributed by atoms with Gasteiger partial charge in [-0.3, -0.25) is 14.4 Å². The maximum Gasteiger partial charge on any atom is 0.300 e. The first-order valence-electron chi connectivity index (χ1n) is 10.6. The topological polar surface area (TPSA) is 105 Å². The van der Waals surface area contributed by atoms with Crippen molar-refractivity contribution in [3.8, 4) is 0 Å². The molecule has 0 aromatic heterocycles. The molecule has 2 unspecified atom stereocenters. The van der Waals surface area contributed by atoms with Crippen LogP contribution in [0.25, 0.3) is 27.6 Å². The van der Waals surface area contributed by atoms with E-state index in [0.29, 0.717) is 16.8 Å². The molecule has 0 radical (unpaired) electrons. The molecule has 1 aliphatic rings. The van der Waals surface area contributed by atoms with Crippen LogP contribution in [-0.2, 0) is 9.59 Å². The van der Waals surface area contributed by atoms with Crippen molar-refractivity contribution in [3.63, 3.8) is 0 Å². The second-order valence-corrected chi connectivity index (χ2v) is 8.00. The van der Waals surface area contributed by atoms with Crippen LogP contribution in [0.5, 0.6) is 0 Å². The van der Waals surface area contributed by atoms with Crippen molar-refractivity contribution in [1.29, 1.82) is 0 Å². The van der Waals surface area contributed by atoms with Gasteiger partial charge >= 0.3 is 5.91 Å². The lowest BCUT2D eigenvalue weighted by molar-refractivity contribution is -0.119. The molecule has 4 rings (SSSR count). The number of ketones is 1. The van der Waals surface area contributed by atoms with Gasteiger partial charge in [-0.1, -0.05) is 25.1 Å². The van der Waals surface area contributed by atoms with Gasteiger partial charge in [-0.05, 0) is 83.4 Å². The summed E-state index contributed by atoms with van der Waals surface area (Å²) in [5.41, 5.74) is 1.78. The number of Topliss-reactive ketones (excluding diaryl/α,β-unsaturated/α-hetero) is 1. The molecule has 1 aliphatic carbocycles. The minimum absolute atomic E-state index is 0.107. The standard InChI is InChI=1S/C25H23N3O4/c1-3-8-26-14(2)24(30)27-20-6-4-15-9-17-10-16-5-7-21(25(31)28-32)23(29)22(16)13-19(17)11-18(15)12-20/h4-7,9-14,21,26H,3,8H2,1-2H3,(H,27,30). The largest absolute Gasteiger partial charge is 0.325 e. The van der Waals surface area contributed by atoms with Crippen molar-refractivity contribution in [2.45, 2.75) is 26.3 Å². The van der Waals surface area contributed by atoms with E-state index in [4.69, 9.17) is 0 Å². The molecule has 0 bridgehead atoms. The monoisotopic (exact) mass is 429 g/mol. The van der Waals surface area contributed by atoms with E-state index in [1.807, 2.05) is 50.2 Å². The smallest absolute Gasteiger partial charge is 0.300 e. The van der Waals surface area contributed by atoms with E-state index in [0.717, 1.165) is 34.5 Å². The zero-order chi connectivity index (χ0) is 22.8. The van der Waals surface area contributed by atoms with Crippen LogP contribution in [0, 0.1) is 10.8 Å². The van der Waals surface area contributed by atoms with Crippen molar-refractivity contribution >= 4 is 50.9 Å². The van der Waals surface area contributed by atoms with Gasteiger partial charge in [0.15, 0.2) is 5.78 Å². The van der Waals surface area contributed by atoms with Crippen molar-refractivity contribution in [2.75, 3.05) is 11.9 Å². The summed E-state index contributed by atoms with van der Waals surface area (Å²) in [6.07, 6.45) is 4.05. The molecule has 2 amide bonds. The molecular weight excluding hydrogens is 406 g/mol. The van der Waals surface area contributed by atoms with E-state index >= 15 is 0 Å². The molecule has 0 spiro atoms. The Morgan fingerprint density at radius 3 is 2.50 bits per heavy atom. The van der Waals surface area contributed by atoms with Crippen LogP contribution in [-0.4, -0.2) is 30.2 Å². The predicted octanol–water partition coefficient (Wildman–Crippen LogP) is 4.44. The fraction of sp³-hybridized carbons (Fsp3) is 0.240. The molecule has 7 heteroatoms. The highest BCUT2D eigenvalue weighted by Gasteiger charge is 2.30. The zero-order valence-corrected chi connectivity index (χ0v) is 17.8. The number of hydrogen-bond acceptors (Lipinski definition) is 5. The fourth-order valence-corrected chi connectivity index (χ4v) is 3.91. The van der Waals surface area contributed by atoms with Gasteiger partial charge < -0.3 is 10.6 Å². The summed E-state index contributed by atoms with van der Waals surface area (Å²) in [6, 6.07) is 13.0. The van der Waals surface area contributed by atoms with E-state index in [9.17, 15) is 19.3 Å². The Morgan fingerprint density at radius 2 is 1.75 bits per heavy atom. The van der Waals surface area contributed by atoms with Gasteiger partial charge in [-0.2, -0.15) is 0 Å². The molecule has 0 fully saturated rings.